The van der Waals surface area contributed by atoms with Crippen molar-refractivity contribution in [1.29, 1.82) is 0 Å². The minimum atomic E-state index is -0.503. The number of thioether (sulfide) groups is 1. The Morgan fingerprint density at radius 2 is 1.81 bits per heavy atom. The summed E-state index contributed by atoms with van der Waals surface area (Å²) in [6.07, 6.45) is 0. The van der Waals surface area contributed by atoms with Crippen molar-refractivity contribution in [3.8, 4) is 11.4 Å². The summed E-state index contributed by atoms with van der Waals surface area (Å²) in [6.45, 7) is 5.93. The SMILES string of the molecule is Cc1ccc(-n2c(C)nnc2S[C@H](C[N+](=O)[O-])c2ccc(OCc3ccc(F)cc3)c(Br)c2)cc1C. The van der Waals surface area contributed by atoms with Gasteiger partial charge in [0.25, 0.3) is 0 Å². The predicted octanol–water partition coefficient (Wildman–Crippen LogP) is 6.78. The molecule has 0 amide bonds. The zero-order chi connectivity index (χ0) is 25.8. The van der Waals surface area contributed by atoms with Crippen LogP contribution in [0.2, 0.25) is 0 Å². The summed E-state index contributed by atoms with van der Waals surface area (Å²) in [5.41, 5.74) is 4.81. The number of halogens is 2. The predicted molar refractivity (Wildman–Crippen MR) is 141 cm³/mol. The Morgan fingerprint density at radius 1 is 1.06 bits per heavy atom. The van der Waals surface area contributed by atoms with Crippen LogP contribution in [0.1, 0.15) is 33.3 Å². The quantitative estimate of drug-likeness (QED) is 0.125. The summed E-state index contributed by atoms with van der Waals surface area (Å²) in [5.74, 6) is 0.982. The number of hydrogen-bond acceptors (Lipinski definition) is 6. The van der Waals surface area contributed by atoms with Crippen molar-refractivity contribution in [2.24, 2.45) is 0 Å². The van der Waals surface area contributed by atoms with Crippen molar-refractivity contribution in [1.82, 2.24) is 14.8 Å². The van der Waals surface area contributed by atoms with Gasteiger partial charge in [0.05, 0.1) is 4.47 Å². The minimum absolute atomic E-state index is 0.268. The monoisotopic (exact) mass is 570 g/mol. The Morgan fingerprint density at radius 3 is 2.47 bits per heavy atom. The van der Waals surface area contributed by atoms with Gasteiger partial charge in [-0.2, -0.15) is 0 Å². The van der Waals surface area contributed by atoms with Crippen LogP contribution in [-0.2, 0) is 6.61 Å². The van der Waals surface area contributed by atoms with E-state index in [0.717, 1.165) is 22.4 Å². The van der Waals surface area contributed by atoms with Crippen LogP contribution >= 0.6 is 27.7 Å². The van der Waals surface area contributed by atoms with E-state index >= 15 is 0 Å². The van der Waals surface area contributed by atoms with Crippen LogP contribution < -0.4 is 4.74 Å². The summed E-state index contributed by atoms with van der Waals surface area (Å²) >= 11 is 4.82. The molecule has 186 valence electrons. The molecule has 0 aliphatic heterocycles. The average Bonchev–Trinajstić information content (AvgIpc) is 3.20. The van der Waals surface area contributed by atoms with E-state index in [1.54, 1.807) is 18.2 Å². The standard InChI is InChI=1S/C26H24BrFN4O3S/c1-16-4-10-22(12-17(16)2)32-18(3)29-30-26(32)36-25(14-31(33)34)20-7-11-24(23(27)13-20)35-15-19-5-8-21(28)9-6-19/h4-13,25H,14-15H2,1-3H3/t25-/m1/s1. The van der Waals surface area contributed by atoms with Gasteiger partial charge in [-0.1, -0.05) is 36.0 Å². The molecule has 0 aliphatic rings. The smallest absolute Gasteiger partial charge is 0.220 e. The summed E-state index contributed by atoms with van der Waals surface area (Å²) in [7, 11) is 0. The molecule has 0 aliphatic carbocycles. The van der Waals surface area contributed by atoms with E-state index < -0.39 is 5.25 Å². The van der Waals surface area contributed by atoms with Crippen molar-refractivity contribution in [3.63, 3.8) is 0 Å². The molecular formula is C26H24BrFN4O3S. The van der Waals surface area contributed by atoms with E-state index in [-0.39, 0.29) is 23.9 Å². The van der Waals surface area contributed by atoms with Gasteiger partial charge in [-0.15, -0.1) is 10.2 Å². The zero-order valence-electron chi connectivity index (χ0n) is 19.9. The van der Waals surface area contributed by atoms with E-state index in [2.05, 4.69) is 32.2 Å². The molecule has 1 atom stereocenters. The second kappa shape index (κ2) is 11.2. The van der Waals surface area contributed by atoms with Crippen molar-refractivity contribution in [2.75, 3.05) is 6.54 Å². The van der Waals surface area contributed by atoms with Gasteiger partial charge >= 0.3 is 0 Å². The third-order valence-electron chi connectivity index (χ3n) is 5.74. The lowest BCUT2D eigenvalue weighted by atomic mass is 10.1. The molecule has 0 fully saturated rings. The Hall–Kier alpha value is -3.24. The third kappa shape index (κ3) is 6.11. The van der Waals surface area contributed by atoms with Gasteiger partial charge in [0.2, 0.25) is 6.54 Å². The molecule has 0 saturated heterocycles. The molecule has 0 saturated carbocycles. The first-order chi connectivity index (χ1) is 17.2. The van der Waals surface area contributed by atoms with Crippen LogP contribution in [0.15, 0.2) is 70.3 Å². The fraction of sp³-hybridized carbons (Fsp3) is 0.231. The molecule has 0 spiro atoms. The maximum Gasteiger partial charge on any atom is 0.220 e. The van der Waals surface area contributed by atoms with Crippen LogP contribution in [-0.4, -0.2) is 26.2 Å². The Bertz CT molecular complexity index is 1390. The molecule has 1 heterocycles. The number of benzene rings is 3. The van der Waals surface area contributed by atoms with E-state index in [1.807, 2.05) is 49.6 Å². The van der Waals surface area contributed by atoms with Crippen molar-refractivity contribution >= 4 is 27.7 Å². The van der Waals surface area contributed by atoms with Gasteiger partial charge in [0, 0.05) is 10.6 Å². The van der Waals surface area contributed by atoms with Crippen LogP contribution in [0.5, 0.6) is 5.75 Å². The number of nitro groups is 1. The molecule has 36 heavy (non-hydrogen) atoms. The highest BCUT2D eigenvalue weighted by Crippen LogP contribution is 2.39. The molecule has 3 aromatic carbocycles. The molecule has 0 unspecified atom stereocenters. The van der Waals surface area contributed by atoms with Crippen molar-refractivity contribution in [2.45, 2.75) is 37.8 Å². The average molecular weight is 571 g/mol. The van der Waals surface area contributed by atoms with Crippen molar-refractivity contribution < 1.29 is 14.1 Å². The maximum atomic E-state index is 13.1. The van der Waals surface area contributed by atoms with Crippen LogP contribution in [0.25, 0.3) is 5.69 Å². The number of ether oxygens (including phenoxy) is 1. The molecule has 7 nitrogen and oxygen atoms in total. The largest absolute Gasteiger partial charge is 0.488 e. The lowest BCUT2D eigenvalue weighted by Gasteiger charge is -2.16. The van der Waals surface area contributed by atoms with Gasteiger partial charge in [-0.3, -0.25) is 14.7 Å². The summed E-state index contributed by atoms with van der Waals surface area (Å²) < 4.78 is 21.6. The third-order valence-corrected chi connectivity index (χ3v) is 7.54. The van der Waals surface area contributed by atoms with E-state index in [4.69, 9.17) is 4.74 Å². The molecule has 4 aromatic rings. The molecule has 0 radical (unpaired) electrons. The number of nitrogens with zero attached hydrogens (tertiary/aromatic N) is 4. The Labute approximate surface area is 221 Å². The minimum Gasteiger partial charge on any atom is -0.488 e. The number of aryl methyl sites for hydroxylation is 3. The van der Waals surface area contributed by atoms with Crippen LogP contribution in [0, 0.1) is 36.7 Å². The van der Waals surface area contributed by atoms with Crippen LogP contribution in [0.3, 0.4) is 0 Å². The van der Waals surface area contributed by atoms with Gasteiger partial charge in [-0.25, -0.2) is 4.39 Å². The molecular weight excluding hydrogens is 547 g/mol. The molecule has 10 heteroatoms. The number of hydrogen-bond donors (Lipinski definition) is 0. The normalized spacial score (nSPS) is 11.9. The zero-order valence-corrected chi connectivity index (χ0v) is 22.3. The van der Waals surface area contributed by atoms with Crippen molar-refractivity contribution in [3.05, 3.63) is 109 Å². The van der Waals surface area contributed by atoms with E-state index in [9.17, 15) is 14.5 Å². The fourth-order valence-corrected chi connectivity index (χ4v) is 5.31. The van der Waals surface area contributed by atoms with Gasteiger partial charge in [0.15, 0.2) is 5.16 Å². The van der Waals surface area contributed by atoms with Gasteiger partial charge < -0.3 is 4.74 Å². The van der Waals surface area contributed by atoms with Gasteiger partial charge in [0.1, 0.15) is 29.2 Å². The lowest BCUT2D eigenvalue weighted by Crippen LogP contribution is -2.11. The Balaban J connectivity index is 1.58. The summed E-state index contributed by atoms with van der Waals surface area (Å²) in [4.78, 5) is 11.2. The highest BCUT2D eigenvalue weighted by Gasteiger charge is 2.24. The molecule has 1 aromatic heterocycles. The first-order valence-electron chi connectivity index (χ1n) is 11.2. The van der Waals surface area contributed by atoms with E-state index in [0.29, 0.717) is 21.2 Å². The highest BCUT2D eigenvalue weighted by atomic mass is 79.9. The van der Waals surface area contributed by atoms with Crippen LogP contribution in [0.4, 0.5) is 4.39 Å². The topological polar surface area (TPSA) is 83.1 Å². The first-order valence-corrected chi connectivity index (χ1v) is 12.8. The molecule has 0 bridgehead atoms. The summed E-state index contributed by atoms with van der Waals surface area (Å²) in [6, 6.07) is 17.6. The van der Waals surface area contributed by atoms with Gasteiger partial charge in [-0.05, 0) is 95.4 Å². The molecule has 0 N–H and O–H groups in total. The second-order valence-corrected chi connectivity index (χ2v) is 10.4. The fourth-order valence-electron chi connectivity index (χ4n) is 3.63. The Kier molecular flexibility index (Phi) is 8.05. The van der Waals surface area contributed by atoms with E-state index in [1.165, 1.54) is 29.5 Å². The summed E-state index contributed by atoms with van der Waals surface area (Å²) in [5, 5.41) is 20.2. The highest BCUT2D eigenvalue weighted by molar-refractivity contribution is 9.10. The second-order valence-electron chi connectivity index (χ2n) is 8.36. The lowest BCUT2D eigenvalue weighted by molar-refractivity contribution is -0.479. The number of rotatable bonds is 9. The number of aromatic nitrogens is 3. The maximum absolute atomic E-state index is 13.1. The molecule has 4 rings (SSSR count). The first kappa shape index (κ1) is 25.8.